The van der Waals surface area contributed by atoms with E-state index in [2.05, 4.69) is 4.99 Å². The van der Waals surface area contributed by atoms with Crippen molar-refractivity contribution in [2.75, 3.05) is 20.2 Å². The maximum Gasteiger partial charge on any atom is 0.243 e. The van der Waals surface area contributed by atoms with Crippen molar-refractivity contribution in [2.24, 2.45) is 4.99 Å². The molecule has 0 aromatic heterocycles. The molecule has 0 spiro atoms. The molecule has 34 heavy (non-hydrogen) atoms. The molecule has 1 aliphatic heterocycles. The Morgan fingerprint density at radius 1 is 0.941 bits per heavy atom. The van der Waals surface area contributed by atoms with Crippen molar-refractivity contribution in [3.05, 3.63) is 83.7 Å². The molecule has 0 saturated carbocycles. The Morgan fingerprint density at radius 3 is 2.32 bits per heavy atom. The molecule has 1 saturated heterocycles. The van der Waals surface area contributed by atoms with Crippen LogP contribution in [-0.2, 0) is 16.6 Å². The van der Waals surface area contributed by atoms with E-state index in [0.717, 1.165) is 30.4 Å². The molecule has 8 heteroatoms. The summed E-state index contributed by atoms with van der Waals surface area (Å²) in [7, 11) is -1.90. The molecule has 0 aliphatic carbocycles. The monoisotopic (exact) mass is 482 g/mol. The largest absolute Gasteiger partial charge is 0.493 e. The van der Waals surface area contributed by atoms with Crippen LogP contribution in [0.15, 0.2) is 76.6 Å². The number of ether oxygens (including phenoxy) is 2. The average molecular weight is 483 g/mol. The standard InChI is InChI=1S/C26H27FN2O4S/c1-32-26-17-21(7-14-25(26)33-19-20-5-8-22(27)9-6-20)18-28-23-10-12-24(13-11-23)34(30,31)29-15-3-2-4-16-29/h5-14,17-18H,2-4,15-16,19H2,1H3. The number of piperidine rings is 1. The fourth-order valence-corrected chi connectivity index (χ4v) is 5.25. The zero-order chi connectivity index (χ0) is 24.0. The van der Waals surface area contributed by atoms with Crippen LogP contribution >= 0.6 is 0 Å². The van der Waals surface area contributed by atoms with E-state index in [4.69, 9.17) is 9.47 Å². The summed E-state index contributed by atoms with van der Waals surface area (Å²) < 4.78 is 51.4. The summed E-state index contributed by atoms with van der Waals surface area (Å²) in [6.45, 7) is 1.44. The quantitative estimate of drug-likeness (QED) is 0.407. The molecule has 0 amide bonds. The fourth-order valence-electron chi connectivity index (χ4n) is 3.73. The van der Waals surface area contributed by atoms with Crippen molar-refractivity contribution < 1.29 is 22.3 Å². The predicted molar refractivity (Wildman–Crippen MR) is 130 cm³/mol. The first kappa shape index (κ1) is 23.9. The second-order valence-electron chi connectivity index (χ2n) is 8.04. The van der Waals surface area contributed by atoms with Crippen LogP contribution in [0.25, 0.3) is 0 Å². The van der Waals surface area contributed by atoms with Gasteiger partial charge in [-0.1, -0.05) is 18.6 Å². The van der Waals surface area contributed by atoms with Crippen molar-refractivity contribution in [3.63, 3.8) is 0 Å². The van der Waals surface area contributed by atoms with E-state index in [0.29, 0.717) is 30.3 Å². The van der Waals surface area contributed by atoms with Crippen LogP contribution in [0.1, 0.15) is 30.4 Å². The third-order valence-electron chi connectivity index (χ3n) is 5.65. The summed E-state index contributed by atoms with van der Waals surface area (Å²) in [6, 6.07) is 18.2. The van der Waals surface area contributed by atoms with E-state index in [-0.39, 0.29) is 17.3 Å². The second-order valence-corrected chi connectivity index (χ2v) is 9.98. The Hall–Kier alpha value is -3.23. The highest BCUT2D eigenvalue weighted by atomic mass is 32.2. The highest BCUT2D eigenvalue weighted by molar-refractivity contribution is 7.89. The van der Waals surface area contributed by atoms with Gasteiger partial charge in [0.2, 0.25) is 10.0 Å². The summed E-state index contributed by atoms with van der Waals surface area (Å²) in [5.74, 6) is 0.827. The number of benzene rings is 3. The van der Waals surface area contributed by atoms with Crippen LogP contribution in [0.5, 0.6) is 11.5 Å². The number of methoxy groups -OCH3 is 1. The lowest BCUT2D eigenvalue weighted by molar-refractivity contribution is 0.284. The van der Waals surface area contributed by atoms with Gasteiger partial charge in [-0.3, -0.25) is 4.99 Å². The highest BCUT2D eigenvalue weighted by Gasteiger charge is 2.25. The molecule has 178 valence electrons. The third kappa shape index (κ3) is 5.81. The first-order valence-corrected chi connectivity index (χ1v) is 12.6. The summed E-state index contributed by atoms with van der Waals surface area (Å²) in [4.78, 5) is 4.74. The lowest BCUT2D eigenvalue weighted by Crippen LogP contribution is -2.35. The smallest absolute Gasteiger partial charge is 0.243 e. The SMILES string of the molecule is COc1cc(C=Nc2ccc(S(=O)(=O)N3CCCCC3)cc2)ccc1OCc1ccc(F)cc1. The first-order chi connectivity index (χ1) is 16.5. The summed E-state index contributed by atoms with van der Waals surface area (Å²) in [5, 5.41) is 0. The molecule has 1 fully saturated rings. The highest BCUT2D eigenvalue weighted by Crippen LogP contribution is 2.29. The number of halogens is 1. The molecular weight excluding hydrogens is 455 g/mol. The molecule has 3 aromatic carbocycles. The van der Waals surface area contributed by atoms with Gasteiger partial charge in [-0.2, -0.15) is 4.31 Å². The van der Waals surface area contributed by atoms with Crippen molar-refractivity contribution in [1.29, 1.82) is 0 Å². The molecule has 0 unspecified atom stereocenters. The summed E-state index contributed by atoms with van der Waals surface area (Å²) >= 11 is 0. The van der Waals surface area contributed by atoms with Crippen LogP contribution in [0, 0.1) is 5.82 Å². The minimum absolute atomic E-state index is 0.288. The van der Waals surface area contributed by atoms with E-state index in [1.165, 1.54) is 12.1 Å². The Morgan fingerprint density at radius 2 is 1.65 bits per heavy atom. The number of rotatable bonds is 8. The van der Waals surface area contributed by atoms with Crippen LogP contribution in [0.4, 0.5) is 10.1 Å². The minimum Gasteiger partial charge on any atom is -0.493 e. The van der Waals surface area contributed by atoms with Gasteiger partial charge >= 0.3 is 0 Å². The Labute approximate surface area is 199 Å². The summed E-state index contributed by atoms with van der Waals surface area (Å²) in [6.07, 6.45) is 4.56. The molecule has 6 nitrogen and oxygen atoms in total. The molecule has 0 N–H and O–H groups in total. The van der Waals surface area contributed by atoms with Gasteiger partial charge in [0.15, 0.2) is 11.5 Å². The molecule has 0 radical (unpaired) electrons. The van der Waals surface area contributed by atoms with Gasteiger partial charge in [0.05, 0.1) is 17.7 Å². The molecule has 4 rings (SSSR count). The lowest BCUT2D eigenvalue weighted by atomic mass is 10.2. The van der Waals surface area contributed by atoms with Gasteiger partial charge < -0.3 is 9.47 Å². The maximum atomic E-state index is 13.1. The van der Waals surface area contributed by atoms with Crippen molar-refractivity contribution in [2.45, 2.75) is 30.8 Å². The van der Waals surface area contributed by atoms with Crippen molar-refractivity contribution >= 4 is 21.9 Å². The number of aliphatic imine (C=N–C) groups is 1. The Balaban J connectivity index is 1.42. The normalized spacial score (nSPS) is 14.9. The van der Waals surface area contributed by atoms with Gasteiger partial charge in [-0.15, -0.1) is 0 Å². The number of sulfonamides is 1. The Bertz CT molecular complexity index is 1240. The van der Waals surface area contributed by atoms with Gasteiger partial charge in [0, 0.05) is 19.3 Å². The van der Waals surface area contributed by atoms with Crippen LogP contribution in [0.3, 0.4) is 0 Å². The van der Waals surface area contributed by atoms with E-state index >= 15 is 0 Å². The van der Waals surface area contributed by atoms with Crippen molar-refractivity contribution in [1.82, 2.24) is 4.31 Å². The fraction of sp³-hybridized carbons (Fsp3) is 0.269. The van der Waals surface area contributed by atoms with Crippen LogP contribution in [-0.4, -0.2) is 39.1 Å². The third-order valence-corrected chi connectivity index (χ3v) is 7.56. The minimum atomic E-state index is -3.45. The molecule has 1 aliphatic rings. The van der Waals surface area contributed by atoms with Gasteiger partial charge in [-0.25, -0.2) is 12.8 Å². The van der Waals surface area contributed by atoms with E-state index in [1.54, 1.807) is 66.2 Å². The topological polar surface area (TPSA) is 68.2 Å². The molecular formula is C26H27FN2O4S. The molecule has 0 bridgehead atoms. The summed E-state index contributed by atoms with van der Waals surface area (Å²) in [5.41, 5.74) is 2.30. The molecule has 0 atom stereocenters. The zero-order valence-electron chi connectivity index (χ0n) is 19.0. The van der Waals surface area contributed by atoms with Gasteiger partial charge in [-0.05, 0) is 78.6 Å². The number of hydrogen-bond donors (Lipinski definition) is 0. The van der Waals surface area contributed by atoms with Crippen LogP contribution in [0.2, 0.25) is 0 Å². The maximum absolute atomic E-state index is 13.1. The number of nitrogens with zero attached hydrogens (tertiary/aromatic N) is 2. The predicted octanol–water partition coefficient (Wildman–Crippen LogP) is 5.34. The van der Waals surface area contributed by atoms with E-state index in [9.17, 15) is 12.8 Å². The second kappa shape index (κ2) is 10.8. The van der Waals surface area contributed by atoms with Crippen molar-refractivity contribution in [3.8, 4) is 11.5 Å². The van der Waals surface area contributed by atoms with Gasteiger partial charge in [0.25, 0.3) is 0 Å². The zero-order valence-corrected chi connectivity index (χ0v) is 19.8. The molecule has 3 aromatic rings. The number of hydrogen-bond acceptors (Lipinski definition) is 5. The van der Waals surface area contributed by atoms with Crippen LogP contribution < -0.4 is 9.47 Å². The van der Waals surface area contributed by atoms with Gasteiger partial charge in [0.1, 0.15) is 12.4 Å². The Kier molecular flexibility index (Phi) is 7.59. The lowest BCUT2D eigenvalue weighted by Gasteiger charge is -2.25. The average Bonchev–Trinajstić information content (AvgIpc) is 2.88. The molecule has 1 heterocycles. The first-order valence-electron chi connectivity index (χ1n) is 11.2. The van der Waals surface area contributed by atoms with E-state index in [1.807, 2.05) is 6.07 Å². The van der Waals surface area contributed by atoms with E-state index < -0.39 is 10.0 Å².